The molecule has 2 unspecified atom stereocenters. The Bertz CT molecular complexity index is 451. The molecule has 19 heavy (non-hydrogen) atoms. The van der Waals surface area contributed by atoms with Crippen molar-refractivity contribution in [1.29, 1.82) is 0 Å². The molecule has 0 bridgehead atoms. The van der Waals surface area contributed by atoms with E-state index in [9.17, 15) is 0 Å². The Morgan fingerprint density at radius 3 is 2.74 bits per heavy atom. The zero-order valence-electron chi connectivity index (χ0n) is 12.1. The van der Waals surface area contributed by atoms with E-state index in [1.54, 1.807) is 0 Å². The fraction of sp³-hybridized carbons (Fsp3) is 0.714. The van der Waals surface area contributed by atoms with Crippen LogP contribution in [0.2, 0.25) is 0 Å². The summed E-state index contributed by atoms with van der Waals surface area (Å²) in [4.78, 5) is 14.0. The zero-order chi connectivity index (χ0) is 13.4. The van der Waals surface area contributed by atoms with E-state index in [4.69, 9.17) is 4.98 Å². The SMILES string of the molecule is CC1CN(c2ncc3c(n2)CN(C)CC3)CC(C)N1. The summed E-state index contributed by atoms with van der Waals surface area (Å²) in [6.07, 6.45) is 3.10. The zero-order valence-corrected chi connectivity index (χ0v) is 12.1. The molecule has 0 aliphatic carbocycles. The van der Waals surface area contributed by atoms with E-state index in [0.29, 0.717) is 12.1 Å². The summed E-state index contributed by atoms with van der Waals surface area (Å²) in [5.41, 5.74) is 2.52. The molecule has 5 heteroatoms. The molecule has 0 saturated carbocycles. The maximum absolute atomic E-state index is 4.80. The van der Waals surface area contributed by atoms with E-state index in [1.807, 2.05) is 6.20 Å². The lowest BCUT2D eigenvalue weighted by Gasteiger charge is -2.36. The van der Waals surface area contributed by atoms with Gasteiger partial charge in [-0.2, -0.15) is 0 Å². The van der Waals surface area contributed by atoms with Gasteiger partial charge in [0.05, 0.1) is 5.69 Å². The van der Waals surface area contributed by atoms with Gasteiger partial charge in [-0.1, -0.05) is 0 Å². The monoisotopic (exact) mass is 261 g/mol. The minimum absolute atomic E-state index is 0.492. The summed E-state index contributed by atoms with van der Waals surface area (Å²) in [6.45, 7) is 8.46. The van der Waals surface area contributed by atoms with Crippen LogP contribution in [0.3, 0.4) is 0 Å². The highest BCUT2D eigenvalue weighted by molar-refractivity contribution is 5.35. The molecule has 5 nitrogen and oxygen atoms in total. The molecule has 0 amide bonds. The van der Waals surface area contributed by atoms with E-state index in [-0.39, 0.29) is 0 Å². The fourth-order valence-corrected chi connectivity index (χ4v) is 3.07. The summed E-state index contributed by atoms with van der Waals surface area (Å²) in [7, 11) is 2.15. The quantitative estimate of drug-likeness (QED) is 0.804. The van der Waals surface area contributed by atoms with Gasteiger partial charge >= 0.3 is 0 Å². The van der Waals surface area contributed by atoms with Crippen LogP contribution in [0.5, 0.6) is 0 Å². The number of anilines is 1. The van der Waals surface area contributed by atoms with Gasteiger partial charge in [-0.15, -0.1) is 0 Å². The molecular formula is C14H23N5. The molecule has 0 radical (unpaired) electrons. The number of likely N-dealkylation sites (N-methyl/N-ethyl adjacent to an activating group) is 1. The fourth-order valence-electron chi connectivity index (χ4n) is 3.07. The van der Waals surface area contributed by atoms with Gasteiger partial charge in [0.1, 0.15) is 0 Å². The first-order chi connectivity index (χ1) is 9.11. The maximum atomic E-state index is 4.80. The lowest BCUT2D eigenvalue weighted by Crippen LogP contribution is -2.54. The number of fused-ring (bicyclic) bond motifs is 1. The lowest BCUT2D eigenvalue weighted by atomic mass is 10.1. The second-order valence-corrected chi connectivity index (χ2v) is 6.00. The summed E-state index contributed by atoms with van der Waals surface area (Å²) in [5, 5.41) is 3.54. The highest BCUT2D eigenvalue weighted by atomic mass is 15.3. The maximum Gasteiger partial charge on any atom is 0.225 e. The Hall–Kier alpha value is -1.20. The summed E-state index contributed by atoms with van der Waals surface area (Å²) in [6, 6.07) is 0.983. The van der Waals surface area contributed by atoms with Gasteiger partial charge in [-0.05, 0) is 32.9 Å². The van der Waals surface area contributed by atoms with Crippen LogP contribution in [0.1, 0.15) is 25.1 Å². The minimum atomic E-state index is 0.492. The van der Waals surface area contributed by atoms with Crippen LogP contribution in [-0.2, 0) is 13.0 Å². The highest BCUT2D eigenvalue weighted by Gasteiger charge is 2.24. The van der Waals surface area contributed by atoms with Crippen molar-refractivity contribution in [3.8, 4) is 0 Å². The number of rotatable bonds is 1. The van der Waals surface area contributed by atoms with Gasteiger partial charge in [-0.25, -0.2) is 9.97 Å². The third-order valence-corrected chi connectivity index (χ3v) is 3.96. The number of piperazine rings is 1. The van der Waals surface area contributed by atoms with Crippen molar-refractivity contribution in [3.63, 3.8) is 0 Å². The molecule has 1 aromatic heterocycles. The van der Waals surface area contributed by atoms with Crippen molar-refractivity contribution < 1.29 is 0 Å². The van der Waals surface area contributed by atoms with E-state index in [2.05, 4.69) is 41.0 Å². The summed E-state index contributed by atoms with van der Waals surface area (Å²) >= 11 is 0. The minimum Gasteiger partial charge on any atom is -0.338 e. The molecule has 1 saturated heterocycles. The Kier molecular flexibility index (Phi) is 3.41. The molecule has 1 aromatic rings. The van der Waals surface area contributed by atoms with Crippen molar-refractivity contribution in [2.24, 2.45) is 0 Å². The number of aromatic nitrogens is 2. The van der Waals surface area contributed by atoms with Gasteiger partial charge in [-0.3, -0.25) is 0 Å². The number of nitrogens with one attached hydrogen (secondary N) is 1. The molecule has 1 fully saturated rings. The molecule has 104 valence electrons. The second kappa shape index (κ2) is 5.06. The van der Waals surface area contributed by atoms with Crippen LogP contribution in [0.25, 0.3) is 0 Å². The lowest BCUT2D eigenvalue weighted by molar-refractivity contribution is 0.306. The number of nitrogens with zero attached hydrogens (tertiary/aromatic N) is 4. The topological polar surface area (TPSA) is 44.3 Å². The van der Waals surface area contributed by atoms with Gasteiger partial charge in [0.2, 0.25) is 5.95 Å². The van der Waals surface area contributed by atoms with Crippen molar-refractivity contribution in [3.05, 3.63) is 17.5 Å². The average Bonchev–Trinajstić information content (AvgIpc) is 2.36. The van der Waals surface area contributed by atoms with Crippen LogP contribution in [-0.4, -0.2) is 53.6 Å². The molecule has 3 heterocycles. The van der Waals surface area contributed by atoms with Gasteiger partial charge in [0, 0.05) is 44.5 Å². The Labute approximate surface area is 115 Å². The Morgan fingerprint density at radius 2 is 2.00 bits per heavy atom. The van der Waals surface area contributed by atoms with Crippen LogP contribution >= 0.6 is 0 Å². The highest BCUT2D eigenvalue weighted by Crippen LogP contribution is 2.19. The van der Waals surface area contributed by atoms with Crippen LogP contribution in [0, 0.1) is 0 Å². The predicted octanol–water partition coefficient (Wildman–Crippen LogP) is 0.651. The first kappa shape index (κ1) is 12.8. The normalized spacial score (nSPS) is 28.3. The smallest absolute Gasteiger partial charge is 0.225 e. The van der Waals surface area contributed by atoms with Crippen LogP contribution in [0.15, 0.2) is 6.20 Å². The number of hydrogen-bond acceptors (Lipinski definition) is 5. The molecule has 0 spiro atoms. The first-order valence-corrected chi connectivity index (χ1v) is 7.16. The molecule has 3 rings (SSSR count). The predicted molar refractivity (Wildman–Crippen MR) is 76.3 cm³/mol. The molecular weight excluding hydrogens is 238 g/mol. The Balaban J connectivity index is 1.83. The largest absolute Gasteiger partial charge is 0.338 e. The van der Waals surface area contributed by atoms with Crippen molar-refractivity contribution >= 4 is 5.95 Å². The molecule has 2 aliphatic heterocycles. The van der Waals surface area contributed by atoms with Gasteiger partial charge < -0.3 is 15.1 Å². The van der Waals surface area contributed by atoms with Crippen molar-refractivity contribution in [2.75, 3.05) is 31.6 Å². The second-order valence-electron chi connectivity index (χ2n) is 6.00. The first-order valence-electron chi connectivity index (χ1n) is 7.16. The summed E-state index contributed by atoms with van der Waals surface area (Å²) in [5.74, 6) is 0.897. The van der Waals surface area contributed by atoms with Gasteiger partial charge in [0.25, 0.3) is 0 Å². The van der Waals surface area contributed by atoms with E-state index >= 15 is 0 Å². The Morgan fingerprint density at radius 1 is 1.26 bits per heavy atom. The third-order valence-electron chi connectivity index (χ3n) is 3.96. The molecule has 2 atom stereocenters. The molecule has 1 N–H and O–H groups in total. The van der Waals surface area contributed by atoms with E-state index < -0.39 is 0 Å². The summed E-state index contributed by atoms with van der Waals surface area (Å²) < 4.78 is 0. The van der Waals surface area contributed by atoms with E-state index in [1.165, 1.54) is 11.3 Å². The van der Waals surface area contributed by atoms with Crippen molar-refractivity contribution in [1.82, 2.24) is 20.2 Å². The van der Waals surface area contributed by atoms with Gasteiger partial charge in [0.15, 0.2) is 0 Å². The molecule has 0 aromatic carbocycles. The standard InChI is InChI=1S/C14H23N5/c1-10-7-19(8-11(2)16-10)14-15-6-12-4-5-18(3)9-13(12)17-14/h6,10-11,16H,4-5,7-9H2,1-3H3. The van der Waals surface area contributed by atoms with Crippen LogP contribution < -0.4 is 10.2 Å². The molecule has 2 aliphatic rings. The van der Waals surface area contributed by atoms with E-state index in [0.717, 1.165) is 38.5 Å². The third kappa shape index (κ3) is 2.72. The van der Waals surface area contributed by atoms with Crippen molar-refractivity contribution in [2.45, 2.75) is 38.9 Å². The van der Waals surface area contributed by atoms with Crippen LogP contribution in [0.4, 0.5) is 5.95 Å². The average molecular weight is 261 g/mol. The number of hydrogen-bond donors (Lipinski definition) is 1.